The third kappa shape index (κ3) is 5.19. The number of ether oxygens (including phenoxy) is 2. The van der Waals surface area contributed by atoms with Gasteiger partial charge in [0.15, 0.2) is 0 Å². The lowest BCUT2D eigenvalue weighted by Gasteiger charge is -2.29. The molecule has 1 aliphatic carbocycles. The van der Waals surface area contributed by atoms with Crippen LogP contribution in [0.1, 0.15) is 31.2 Å². The van der Waals surface area contributed by atoms with Gasteiger partial charge in [0.25, 0.3) is 0 Å². The zero-order valence-corrected chi connectivity index (χ0v) is 15.7. The number of rotatable bonds is 6. The molecule has 0 bridgehead atoms. The maximum absolute atomic E-state index is 13.7. The van der Waals surface area contributed by atoms with Crippen LogP contribution in [-0.2, 0) is 11.3 Å². The van der Waals surface area contributed by atoms with Crippen LogP contribution in [0.25, 0.3) is 0 Å². The van der Waals surface area contributed by atoms with Crippen LogP contribution in [0.3, 0.4) is 0 Å². The molecule has 2 aromatic carbocycles. The van der Waals surface area contributed by atoms with Crippen LogP contribution in [0, 0.1) is 11.6 Å². The number of carbonyl (C=O) groups excluding carboxylic acids is 1. The first-order valence-electron chi connectivity index (χ1n) is 9.32. The number of urea groups is 1. The first kappa shape index (κ1) is 20.1. The van der Waals surface area contributed by atoms with E-state index in [2.05, 4.69) is 10.6 Å². The molecule has 7 heteroatoms. The Balaban J connectivity index is 1.43. The van der Waals surface area contributed by atoms with Crippen molar-refractivity contribution in [3.8, 4) is 5.75 Å². The molecule has 0 saturated heterocycles. The number of nitrogens with one attached hydrogen (secondary N) is 2. The minimum atomic E-state index is -0.594. The molecule has 0 heterocycles. The molecule has 0 radical (unpaired) electrons. The van der Waals surface area contributed by atoms with E-state index in [1.54, 1.807) is 19.2 Å². The van der Waals surface area contributed by atoms with Gasteiger partial charge in [0.05, 0.1) is 25.5 Å². The van der Waals surface area contributed by atoms with E-state index in [1.165, 1.54) is 18.2 Å². The van der Waals surface area contributed by atoms with Crippen LogP contribution in [0.5, 0.6) is 5.75 Å². The normalized spacial score (nSPS) is 19.1. The zero-order valence-electron chi connectivity index (χ0n) is 15.7. The predicted octanol–water partition coefficient (Wildman–Crippen LogP) is 4.62. The number of benzene rings is 2. The molecule has 1 aliphatic rings. The summed E-state index contributed by atoms with van der Waals surface area (Å²) in [6.45, 7) is -0.0877. The molecular weight excluding hydrogens is 366 g/mol. The topological polar surface area (TPSA) is 59.6 Å². The molecule has 0 aliphatic heterocycles. The monoisotopic (exact) mass is 390 g/mol. The smallest absolute Gasteiger partial charge is 0.319 e. The van der Waals surface area contributed by atoms with E-state index in [-0.39, 0.29) is 30.3 Å². The number of hydrogen-bond donors (Lipinski definition) is 2. The van der Waals surface area contributed by atoms with Gasteiger partial charge in [0.2, 0.25) is 0 Å². The second kappa shape index (κ2) is 9.50. The Labute approximate surface area is 163 Å². The average Bonchev–Trinajstić information content (AvgIpc) is 2.69. The van der Waals surface area contributed by atoms with Crippen molar-refractivity contribution < 1.29 is 23.0 Å². The molecule has 0 atom stereocenters. The summed E-state index contributed by atoms with van der Waals surface area (Å²) in [5.74, 6) is -0.595. The largest absolute Gasteiger partial charge is 0.495 e. The van der Waals surface area contributed by atoms with Gasteiger partial charge in [-0.15, -0.1) is 0 Å². The fraction of sp³-hybridized carbons (Fsp3) is 0.381. The molecule has 1 fully saturated rings. The molecule has 1 saturated carbocycles. The highest BCUT2D eigenvalue weighted by Crippen LogP contribution is 2.25. The number of hydrogen-bond acceptors (Lipinski definition) is 3. The number of halogens is 2. The van der Waals surface area contributed by atoms with Crippen molar-refractivity contribution in [2.24, 2.45) is 0 Å². The van der Waals surface area contributed by atoms with Crippen molar-refractivity contribution in [1.29, 1.82) is 0 Å². The van der Waals surface area contributed by atoms with Crippen molar-refractivity contribution in [2.45, 2.75) is 44.4 Å². The van der Waals surface area contributed by atoms with Crippen LogP contribution < -0.4 is 15.4 Å². The maximum Gasteiger partial charge on any atom is 0.319 e. The summed E-state index contributed by atoms with van der Waals surface area (Å²) < 4.78 is 38.2. The Morgan fingerprint density at radius 2 is 1.71 bits per heavy atom. The van der Waals surface area contributed by atoms with E-state index in [0.717, 1.165) is 25.7 Å². The summed E-state index contributed by atoms with van der Waals surface area (Å²) in [5, 5.41) is 5.74. The van der Waals surface area contributed by atoms with Gasteiger partial charge in [-0.3, -0.25) is 0 Å². The number of para-hydroxylation sites is 2. The van der Waals surface area contributed by atoms with Crippen molar-refractivity contribution in [2.75, 3.05) is 12.4 Å². The highest BCUT2D eigenvalue weighted by molar-refractivity contribution is 5.91. The van der Waals surface area contributed by atoms with Gasteiger partial charge in [-0.1, -0.05) is 18.2 Å². The summed E-state index contributed by atoms with van der Waals surface area (Å²) >= 11 is 0. The Kier molecular flexibility index (Phi) is 6.81. The molecule has 2 amide bonds. The van der Waals surface area contributed by atoms with Gasteiger partial charge in [0.1, 0.15) is 17.4 Å². The molecule has 28 heavy (non-hydrogen) atoms. The molecule has 5 nitrogen and oxygen atoms in total. The van der Waals surface area contributed by atoms with Gasteiger partial charge in [-0.25, -0.2) is 13.6 Å². The number of amides is 2. The van der Waals surface area contributed by atoms with E-state index in [0.29, 0.717) is 11.4 Å². The number of methoxy groups -OCH3 is 1. The average molecular weight is 390 g/mol. The third-order valence-corrected chi connectivity index (χ3v) is 4.89. The second-order valence-electron chi connectivity index (χ2n) is 6.78. The lowest BCUT2D eigenvalue weighted by Crippen LogP contribution is -2.41. The quantitative estimate of drug-likeness (QED) is 0.757. The standard InChI is InChI=1S/C21H24F2N2O3/c1-27-20-8-3-2-7-19(20)25-21(26)24-14-9-11-15(12-10-14)28-13-16-17(22)5-4-6-18(16)23/h2-8,14-15H,9-13H2,1H3,(H2,24,25,26)/t14-,15-. The molecule has 0 unspecified atom stereocenters. The van der Waals surface area contributed by atoms with E-state index in [9.17, 15) is 13.6 Å². The zero-order chi connectivity index (χ0) is 19.9. The van der Waals surface area contributed by atoms with E-state index >= 15 is 0 Å². The first-order chi connectivity index (χ1) is 13.6. The molecule has 2 aromatic rings. The van der Waals surface area contributed by atoms with Crippen LogP contribution in [0.4, 0.5) is 19.3 Å². The van der Waals surface area contributed by atoms with Crippen LogP contribution in [0.15, 0.2) is 42.5 Å². The van der Waals surface area contributed by atoms with Gasteiger partial charge in [-0.05, 0) is 49.9 Å². The molecule has 2 N–H and O–H groups in total. The number of anilines is 1. The Hall–Kier alpha value is -2.67. The minimum Gasteiger partial charge on any atom is -0.495 e. The summed E-state index contributed by atoms with van der Waals surface area (Å²) in [6.07, 6.45) is 2.84. The van der Waals surface area contributed by atoms with E-state index in [4.69, 9.17) is 9.47 Å². The van der Waals surface area contributed by atoms with E-state index in [1.807, 2.05) is 12.1 Å². The van der Waals surface area contributed by atoms with Crippen molar-refractivity contribution >= 4 is 11.7 Å². The van der Waals surface area contributed by atoms with Gasteiger partial charge >= 0.3 is 6.03 Å². The fourth-order valence-corrected chi connectivity index (χ4v) is 3.34. The Morgan fingerprint density at radius 1 is 1.04 bits per heavy atom. The van der Waals surface area contributed by atoms with Crippen molar-refractivity contribution in [1.82, 2.24) is 5.32 Å². The van der Waals surface area contributed by atoms with Crippen molar-refractivity contribution in [3.63, 3.8) is 0 Å². The van der Waals surface area contributed by atoms with Crippen molar-refractivity contribution in [3.05, 3.63) is 59.7 Å². The van der Waals surface area contributed by atoms with Gasteiger partial charge < -0.3 is 20.1 Å². The Morgan fingerprint density at radius 3 is 2.39 bits per heavy atom. The molecule has 150 valence electrons. The SMILES string of the molecule is COc1ccccc1NC(=O)N[C@H]1CC[C@H](OCc2c(F)cccc2F)CC1. The summed E-state index contributed by atoms with van der Waals surface area (Å²) in [4.78, 5) is 12.2. The molecule has 0 aromatic heterocycles. The lowest BCUT2D eigenvalue weighted by molar-refractivity contribution is 0.00964. The highest BCUT2D eigenvalue weighted by atomic mass is 19.1. The Bertz CT molecular complexity index is 788. The van der Waals surface area contributed by atoms with Gasteiger partial charge in [-0.2, -0.15) is 0 Å². The highest BCUT2D eigenvalue weighted by Gasteiger charge is 2.24. The van der Waals surface area contributed by atoms with Crippen LogP contribution in [-0.4, -0.2) is 25.3 Å². The van der Waals surface area contributed by atoms with Gasteiger partial charge in [0, 0.05) is 11.6 Å². The fourth-order valence-electron chi connectivity index (χ4n) is 3.34. The second-order valence-corrected chi connectivity index (χ2v) is 6.78. The maximum atomic E-state index is 13.7. The number of carbonyl (C=O) groups is 1. The van der Waals surface area contributed by atoms with E-state index < -0.39 is 11.6 Å². The summed E-state index contributed by atoms with van der Waals surface area (Å²) in [6, 6.07) is 10.7. The predicted molar refractivity (Wildman–Crippen MR) is 102 cm³/mol. The summed E-state index contributed by atoms with van der Waals surface area (Å²) in [5.41, 5.74) is 0.561. The molecule has 0 spiro atoms. The van der Waals surface area contributed by atoms with Crippen LogP contribution >= 0.6 is 0 Å². The minimum absolute atomic E-state index is 0.0276. The molecule has 3 rings (SSSR count). The molecular formula is C21H24F2N2O3. The van der Waals surface area contributed by atoms with Crippen LogP contribution in [0.2, 0.25) is 0 Å². The lowest BCUT2D eigenvalue weighted by atomic mass is 9.93. The first-order valence-corrected chi connectivity index (χ1v) is 9.32. The summed E-state index contributed by atoms with van der Waals surface area (Å²) in [7, 11) is 1.55. The third-order valence-electron chi connectivity index (χ3n) is 4.89.